The van der Waals surface area contributed by atoms with E-state index in [0.717, 1.165) is 69.3 Å². The zero-order chi connectivity index (χ0) is 28.3. The summed E-state index contributed by atoms with van der Waals surface area (Å²) in [7, 11) is -0.190. The molecule has 1 unspecified atom stereocenters. The number of unbranched alkanes of at least 4 members (excludes halogenated alkanes) is 1. The van der Waals surface area contributed by atoms with Crippen LogP contribution in [0.25, 0.3) is 11.0 Å². The van der Waals surface area contributed by atoms with Gasteiger partial charge < -0.3 is 18.6 Å². The van der Waals surface area contributed by atoms with E-state index in [1.807, 2.05) is 18.4 Å². The Morgan fingerprint density at radius 3 is 2.77 bits per heavy atom. The van der Waals surface area contributed by atoms with Gasteiger partial charge in [-0.3, -0.25) is 4.79 Å². The SMILES string of the molecule is C=CC(=O)N1C(C)CC[C@]1(CC)CCCC[C@@H](Cc1coc2ccccc12)B1O[C@@H]2C[C@@H]3C[C@@H](C3(C)C)[C@]2(C)O1. The summed E-state index contributed by atoms with van der Waals surface area (Å²) < 4.78 is 19.7. The summed E-state index contributed by atoms with van der Waals surface area (Å²) in [4.78, 5) is 14.9. The third kappa shape index (κ3) is 4.40. The smallest absolute Gasteiger partial charge is 0.461 e. The maximum atomic E-state index is 12.8. The zero-order valence-electron chi connectivity index (χ0n) is 25.3. The van der Waals surface area contributed by atoms with Gasteiger partial charge in [-0.1, -0.05) is 64.8 Å². The molecule has 3 saturated carbocycles. The van der Waals surface area contributed by atoms with Crippen LogP contribution in [0.4, 0.5) is 0 Å². The molecule has 2 aromatic rings. The molecular formula is C34H48BNO4. The van der Waals surface area contributed by atoms with Crippen molar-refractivity contribution in [3.63, 3.8) is 0 Å². The second kappa shape index (κ2) is 10.3. The summed E-state index contributed by atoms with van der Waals surface area (Å²) >= 11 is 0. The summed E-state index contributed by atoms with van der Waals surface area (Å²) in [5.74, 6) is 1.65. The highest BCUT2D eigenvalue weighted by atomic mass is 16.7. The van der Waals surface area contributed by atoms with Gasteiger partial charge in [0.05, 0.1) is 18.0 Å². The number of carbonyl (C=O) groups excluding carboxylic acids is 1. The lowest BCUT2D eigenvalue weighted by Crippen LogP contribution is -2.65. The van der Waals surface area contributed by atoms with Crippen LogP contribution in [-0.4, -0.2) is 41.2 Å². The first-order chi connectivity index (χ1) is 19.1. The first-order valence-corrected chi connectivity index (χ1v) is 15.9. The molecule has 0 radical (unpaired) electrons. The van der Waals surface area contributed by atoms with Crippen LogP contribution in [0.3, 0.4) is 0 Å². The van der Waals surface area contributed by atoms with Crippen LogP contribution in [0.2, 0.25) is 5.82 Å². The van der Waals surface area contributed by atoms with E-state index in [1.54, 1.807) is 0 Å². The molecule has 7 atom stereocenters. The molecule has 7 rings (SSSR count). The Morgan fingerprint density at radius 1 is 1.23 bits per heavy atom. The lowest BCUT2D eigenvalue weighted by molar-refractivity contribution is -0.199. The molecule has 6 heteroatoms. The van der Waals surface area contributed by atoms with Gasteiger partial charge in [-0.2, -0.15) is 0 Å². The van der Waals surface area contributed by atoms with Crippen LogP contribution in [0.1, 0.15) is 98.0 Å². The number of hydrogen-bond donors (Lipinski definition) is 0. The topological polar surface area (TPSA) is 51.9 Å². The van der Waals surface area contributed by atoms with E-state index in [0.29, 0.717) is 11.3 Å². The minimum atomic E-state index is -0.197. The Kier molecular flexibility index (Phi) is 7.27. The number of benzene rings is 1. The number of furan rings is 1. The molecule has 216 valence electrons. The lowest BCUT2D eigenvalue weighted by Gasteiger charge is -2.64. The Bertz CT molecular complexity index is 1260. The van der Waals surface area contributed by atoms with E-state index >= 15 is 0 Å². The van der Waals surface area contributed by atoms with Crippen molar-refractivity contribution in [3.05, 3.63) is 48.7 Å². The Hall–Kier alpha value is -2.05. The van der Waals surface area contributed by atoms with Crippen molar-refractivity contribution in [1.82, 2.24) is 4.90 Å². The number of hydrogen-bond acceptors (Lipinski definition) is 4. The van der Waals surface area contributed by atoms with Gasteiger partial charge >= 0.3 is 7.12 Å². The lowest BCUT2D eigenvalue weighted by atomic mass is 9.43. The van der Waals surface area contributed by atoms with E-state index in [-0.39, 0.29) is 42.1 Å². The first-order valence-electron chi connectivity index (χ1n) is 15.9. The van der Waals surface area contributed by atoms with E-state index in [1.165, 1.54) is 23.4 Å². The van der Waals surface area contributed by atoms with Crippen LogP contribution in [0, 0.1) is 17.3 Å². The molecule has 2 saturated heterocycles. The second-order valence-corrected chi connectivity index (χ2v) is 14.2. The van der Waals surface area contributed by atoms with Gasteiger partial charge in [0.15, 0.2) is 0 Å². The minimum absolute atomic E-state index is 0.0453. The fourth-order valence-corrected chi connectivity index (χ4v) is 9.28. The summed E-state index contributed by atoms with van der Waals surface area (Å²) in [6.45, 7) is 15.4. The van der Waals surface area contributed by atoms with Crippen LogP contribution in [-0.2, 0) is 20.5 Å². The third-order valence-electron chi connectivity index (χ3n) is 11.9. The normalized spacial score (nSPS) is 35.0. The molecule has 3 heterocycles. The molecule has 5 aliphatic rings. The number of para-hydroxylation sites is 1. The maximum absolute atomic E-state index is 12.8. The van der Waals surface area contributed by atoms with Crippen molar-refractivity contribution in [3.8, 4) is 0 Å². The molecule has 2 bridgehead atoms. The fraction of sp³-hybridized carbons (Fsp3) is 0.676. The van der Waals surface area contributed by atoms with Crippen molar-refractivity contribution < 1.29 is 18.5 Å². The summed E-state index contributed by atoms with van der Waals surface area (Å²) in [5, 5.41) is 1.20. The van der Waals surface area contributed by atoms with Gasteiger partial charge in [-0.05, 0) is 99.6 Å². The highest BCUT2D eigenvalue weighted by Gasteiger charge is 2.68. The van der Waals surface area contributed by atoms with E-state index in [4.69, 9.17) is 13.7 Å². The van der Waals surface area contributed by atoms with Crippen LogP contribution >= 0.6 is 0 Å². The van der Waals surface area contributed by atoms with Gasteiger partial charge in [0.1, 0.15) is 5.58 Å². The van der Waals surface area contributed by atoms with Crippen molar-refractivity contribution in [1.29, 1.82) is 0 Å². The van der Waals surface area contributed by atoms with Crippen LogP contribution in [0.5, 0.6) is 0 Å². The second-order valence-electron chi connectivity index (χ2n) is 14.2. The van der Waals surface area contributed by atoms with Gasteiger partial charge in [-0.25, -0.2) is 0 Å². The number of rotatable bonds is 10. The molecular weight excluding hydrogens is 497 g/mol. The fourth-order valence-electron chi connectivity index (χ4n) is 9.28. The third-order valence-corrected chi connectivity index (χ3v) is 11.9. The molecule has 0 N–H and O–H groups in total. The molecule has 1 aromatic heterocycles. The van der Waals surface area contributed by atoms with E-state index < -0.39 is 0 Å². The van der Waals surface area contributed by atoms with Gasteiger partial charge in [-0.15, -0.1) is 0 Å². The highest BCUT2D eigenvalue weighted by Crippen LogP contribution is 2.66. The van der Waals surface area contributed by atoms with Crippen LogP contribution in [0.15, 0.2) is 47.6 Å². The molecule has 40 heavy (non-hydrogen) atoms. The molecule has 0 spiro atoms. The first kappa shape index (κ1) is 28.1. The predicted molar refractivity (Wildman–Crippen MR) is 161 cm³/mol. The molecule has 3 aliphatic carbocycles. The van der Waals surface area contributed by atoms with Gasteiger partial charge in [0.25, 0.3) is 0 Å². The summed E-state index contributed by atoms with van der Waals surface area (Å²) in [6, 6.07) is 8.62. The molecule has 1 amide bonds. The number of likely N-dealkylation sites (tertiary alicyclic amines) is 1. The Balaban J connectivity index is 1.18. The van der Waals surface area contributed by atoms with Crippen molar-refractivity contribution in [2.45, 2.75) is 128 Å². The van der Waals surface area contributed by atoms with Crippen molar-refractivity contribution >= 4 is 24.0 Å². The molecule has 5 nitrogen and oxygen atoms in total. The number of carbonyl (C=O) groups is 1. The summed E-state index contributed by atoms with van der Waals surface area (Å²) in [6.07, 6.45) is 14.3. The number of amides is 1. The Morgan fingerprint density at radius 2 is 2.02 bits per heavy atom. The van der Waals surface area contributed by atoms with E-state index in [2.05, 4.69) is 58.2 Å². The predicted octanol–water partition coefficient (Wildman–Crippen LogP) is 7.98. The Labute approximate surface area is 241 Å². The number of fused-ring (bicyclic) bond motifs is 1. The standard InChI is InChI=1S/C34H48BNO4/c1-7-31(37)36-23(3)16-18-34(36,8-2)17-12-11-13-26(19-24-22-38-28-15-10-9-14-27(24)28)35-39-30-21-25-20-29(32(25,4)5)33(30,6)40-35/h7,9-10,14-15,22-23,25-26,29-30H,1,8,11-13,16-21H2,2-6H3/t23?,25-,26-,29-,30+,33-,34-/m0/s1. The summed E-state index contributed by atoms with van der Waals surface area (Å²) in [5.41, 5.74) is 2.28. The average molecular weight is 546 g/mol. The molecule has 5 fully saturated rings. The van der Waals surface area contributed by atoms with Gasteiger partial charge in [0.2, 0.25) is 5.91 Å². The maximum Gasteiger partial charge on any atom is 0.461 e. The highest BCUT2D eigenvalue weighted by molar-refractivity contribution is 6.47. The van der Waals surface area contributed by atoms with E-state index in [9.17, 15) is 4.79 Å². The largest absolute Gasteiger partial charge is 0.464 e. The molecule has 2 aliphatic heterocycles. The number of nitrogens with zero attached hydrogens (tertiary/aromatic N) is 1. The van der Waals surface area contributed by atoms with Crippen molar-refractivity contribution in [2.24, 2.45) is 17.3 Å². The molecule has 1 aromatic carbocycles. The van der Waals surface area contributed by atoms with Gasteiger partial charge in [0, 0.05) is 17.0 Å². The van der Waals surface area contributed by atoms with Crippen LogP contribution < -0.4 is 0 Å². The average Bonchev–Trinajstić information content (AvgIpc) is 3.62. The monoisotopic (exact) mass is 545 g/mol. The zero-order valence-corrected chi connectivity index (χ0v) is 25.3. The minimum Gasteiger partial charge on any atom is -0.464 e. The quantitative estimate of drug-likeness (QED) is 0.173. The van der Waals surface area contributed by atoms with Crippen molar-refractivity contribution in [2.75, 3.05) is 0 Å².